The van der Waals surface area contributed by atoms with Crippen LogP contribution in [0.3, 0.4) is 0 Å². The third-order valence-corrected chi connectivity index (χ3v) is 2.86. The maximum Gasteiger partial charge on any atom is 0.516 e. The molecule has 1 aromatic rings. The highest BCUT2D eigenvalue weighted by Gasteiger charge is 2.33. The first-order chi connectivity index (χ1) is 8.91. The van der Waals surface area contributed by atoms with Crippen molar-refractivity contribution in [2.45, 2.75) is 32.7 Å². The number of esters is 1. The number of nitrogens with two attached hydrogens (primary N) is 1. The number of hydrogen-bond donors (Lipinski definition) is 1. The van der Waals surface area contributed by atoms with Crippen molar-refractivity contribution in [1.29, 1.82) is 0 Å². The van der Waals surface area contributed by atoms with Gasteiger partial charge >= 0.3 is 12.1 Å². The van der Waals surface area contributed by atoms with Gasteiger partial charge in [0.05, 0.1) is 12.0 Å². The molecule has 0 saturated heterocycles. The van der Waals surface area contributed by atoms with Crippen LogP contribution in [0, 0.1) is 0 Å². The fourth-order valence-corrected chi connectivity index (χ4v) is 1.53. The summed E-state index contributed by atoms with van der Waals surface area (Å²) in [7, 11) is 0. The molecule has 0 amide bonds. The molecule has 5 nitrogen and oxygen atoms in total. The van der Waals surface area contributed by atoms with Crippen LogP contribution in [0.5, 0.6) is 0 Å². The first-order valence-electron chi connectivity index (χ1n) is 6.10. The van der Waals surface area contributed by atoms with E-state index in [4.69, 9.17) is 5.73 Å². The molecule has 5 heteroatoms. The molecule has 0 aliphatic rings. The molecule has 19 heavy (non-hydrogen) atoms. The lowest BCUT2D eigenvalue weighted by Crippen LogP contribution is -2.33. The maximum atomic E-state index is 12.0. The minimum atomic E-state index is -0.973. The molecule has 0 atom stereocenters. The highest BCUT2D eigenvalue weighted by molar-refractivity contribution is 5.89. The average Bonchev–Trinajstić information content (AvgIpc) is 2.39. The molecule has 1 aromatic carbocycles. The zero-order chi connectivity index (χ0) is 14.5. The second-order valence-electron chi connectivity index (χ2n) is 4.60. The molecule has 0 aliphatic carbocycles. The molecule has 0 spiro atoms. The number of rotatable bonds is 4. The van der Waals surface area contributed by atoms with E-state index in [0.717, 1.165) is 11.1 Å². The van der Waals surface area contributed by atoms with Crippen molar-refractivity contribution in [3.8, 4) is 0 Å². The van der Waals surface area contributed by atoms with Gasteiger partial charge in [-0.2, -0.15) is 0 Å². The SMILES string of the molecule is CCOC(=O)OC(=O)C(C)(C)c1ccc(CN)cc1. The van der Waals surface area contributed by atoms with E-state index in [1.54, 1.807) is 32.9 Å². The smallest absolute Gasteiger partial charge is 0.434 e. The van der Waals surface area contributed by atoms with Gasteiger partial charge in [-0.3, -0.25) is 4.79 Å². The summed E-state index contributed by atoms with van der Waals surface area (Å²) in [6, 6.07) is 7.28. The molecule has 0 aliphatic heterocycles. The maximum absolute atomic E-state index is 12.0. The Balaban J connectivity index is 2.83. The van der Waals surface area contributed by atoms with Gasteiger partial charge in [0.15, 0.2) is 0 Å². The molecule has 0 saturated carbocycles. The Morgan fingerprint density at radius 1 is 1.21 bits per heavy atom. The normalized spacial score (nSPS) is 10.9. The second kappa shape index (κ2) is 6.33. The van der Waals surface area contributed by atoms with Crippen molar-refractivity contribution < 1.29 is 19.1 Å². The van der Waals surface area contributed by atoms with Crippen molar-refractivity contribution in [1.82, 2.24) is 0 Å². The van der Waals surface area contributed by atoms with Gasteiger partial charge in [-0.15, -0.1) is 0 Å². The van der Waals surface area contributed by atoms with Gasteiger partial charge in [-0.1, -0.05) is 24.3 Å². The molecule has 2 N–H and O–H groups in total. The molecular weight excluding hydrogens is 246 g/mol. The largest absolute Gasteiger partial charge is 0.516 e. The average molecular weight is 265 g/mol. The fraction of sp³-hybridized carbons (Fsp3) is 0.429. The molecule has 0 bridgehead atoms. The van der Waals surface area contributed by atoms with E-state index in [1.165, 1.54) is 0 Å². The van der Waals surface area contributed by atoms with Crippen LogP contribution in [-0.2, 0) is 26.2 Å². The van der Waals surface area contributed by atoms with Crippen molar-refractivity contribution in [2.24, 2.45) is 5.73 Å². The number of carbonyl (C=O) groups excluding carboxylic acids is 2. The van der Waals surface area contributed by atoms with E-state index in [1.807, 2.05) is 12.1 Å². The Labute approximate surface area is 112 Å². The van der Waals surface area contributed by atoms with E-state index in [-0.39, 0.29) is 6.61 Å². The summed E-state index contributed by atoms with van der Waals surface area (Å²) in [5, 5.41) is 0. The van der Waals surface area contributed by atoms with Gasteiger partial charge in [0.2, 0.25) is 0 Å². The Morgan fingerprint density at radius 2 is 1.79 bits per heavy atom. The van der Waals surface area contributed by atoms with Crippen molar-refractivity contribution in [3.05, 3.63) is 35.4 Å². The van der Waals surface area contributed by atoms with Gasteiger partial charge in [0.1, 0.15) is 0 Å². The number of carbonyl (C=O) groups is 2. The minimum absolute atomic E-state index is 0.164. The summed E-state index contributed by atoms with van der Waals surface area (Å²) in [4.78, 5) is 23.1. The number of hydrogen-bond acceptors (Lipinski definition) is 5. The van der Waals surface area contributed by atoms with Gasteiger partial charge < -0.3 is 15.2 Å². The van der Waals surface area contributed by atoms with Gasteiger partial charge in [-0.25, -0.2) is 4.79 Å². The number of ether oxygens (including phenoxy) is 2. The lowest BCUT2D eigenvalue weighted by Gasteiger charge is -2.22. The molecule has 0 aromatic heterocycles. The van der Waals surface area contributed by atoms with E-state index in [9.17, 15) is 9.59 Å². The standard InChI is InChI=1S/C14H19NO4/c1-4-18-13(17)19-12(16)14(2,3)11-7-5-10(9-15)6-8-11/h5-8H,4,9,15H2,1-3H3. The van der Waals surface area contributed by atoms with Crippen LogP contribution in [0.4, 0.5) is 4.79 Å². The van der Waals surface area contributed by atoms with Crippen LogP contribution >= 0.6 is 0 Å². The summed E-state index contributed by atoms with van der Waals surface area (Å²) in [6.45, 7) is 5.62. The summed E-state index contributed by atoms with van der Waals surface area (Å²) in [5.41, 5.74) is 6.30. The topological polar surface area (TPSA) is 78.6 Å². The minimum Gasteiger partial charge on any atom is -0.434 e. The van der Waals surface area contributed by atoms with Crippen LogP contribution < -0.4 is 5.73 Å². The van der Waals surface area contributed by atoms with E-state index < -0.39 is 17.5 Å². The van der Waals surface area contributed by atoms with Crippen LogP contribution in [0.1, 0.15) is 31.9 Å². The Kier molecular flexibility index (Phi) is 5.06. The molecule has 104 valence electrons. The van der Waals surface area contributed by atoms with Crippen LogP contribution in [-0.4, -0.2) is 18.7 Å². The van der Waals surface area contributed by atoms with Crippen LogP contribution in [0.25, 0.3) is 0 Å². The van der Waals surface area contributed by atoms with Gasteiger partial charge in [0.25, 0.3) is 0 Å². The van der Waals surface area contributed by atoms with Crippen molar-refractivity contribution in [2.75, 3.05) is 6.61 Å². The first kappa shape index (κ1) is 15.2. The van der Waals surface area contributed by atoms with Crippen LogP contribution in [0.15, 0.2) is 24.3 Å². The highest BCUT2D eigenvalue weighted by Crippen LogP contribution is 2.25. The summed E-state index contributed by atoms with van der Waals surface area (Å²) < 4.78 is 9.22. The molecule has 0 heterocycles. The van der Waals surface area contributed by atoms with E-state index in [0.29, 0.717) is 6.54 Å². The third kappa shape index (κ3) is 3.79. The Hall–Kier alpha value is -1.88. The zero-order valence-corrected chi connectivity index (χ0v) is 11.4. The third-order valence-electron chi connectivity index (χ3n) is 2.86. The molecule has 0 radical (unpaired) electrons. The Bertz CT molecular complexity index is 451. The van der Waals surface area contributed by atoms with Crippen molar-refractivity contribution in [3.63, 3.8) is 0 Å². The highest BCUT2D eigenvalue weighted by atomic mass is 16.7. The van der Waals surface area contributed by atoms with E-state index >= 15 is 0 Å². The quantitative estimate of drug-likeness (QED) is 0.666. The summed E-state index contributed by atoms with van der Waals surface area (Å²) in [5.74, 6) is -0.647. The van der Waals surface area contributed by atoms with Gasteiger partial charge in [-0.05, 0) is 31.9 Å². The number of benzene rings is 1. The lowest BCUT2D eigenvalue weighted by molar-refractivity contribution is -0.145. The monoisotopic (exact) mass is 265 g/mol. The Morgan fingerprint density at radius 3 is 2.26 bits per heavy atom. The summed E-state index contributed by atoms with van der Waals surface area (Å²) >= 11 is 0. The molecule has 0 unspecified atom stereocenters. The van der Waals surface area contributed by atoms with Gasteiger partial charge in [0, 0.05) is 6.54 Å². The summed E-state index contributed by atoms with van der Waals surface area (Å²) in [6.07, 6.45) is -0.973. The lowest BCUT2D eigenvalue weighted by atomic mass is 9.84. The predicted molar refractivity (Wildman–Crippen MR) is 70.5 cm³/mol. The second-order valence-corrected chi connectivity index (χ2v) is 4.60. The zero-order valence-electron chi connectivity index (χ0n) is 11.4. The predicted octanol–water partition coefficient (Wildman–Crippen LogP) is 2.12. The molecule has 0 fully saturated rings. The molecule has 1 rings (SSSR count). The van der Waals surface area contributed by atoms with Crippen molar-refractivity contribution >= 4 is 12.1 Å². The van der Waals surface area contributed by atoms with E-state index in [2.05, 4.69) is 9.47 Å². The first-order valence-corrected chi connectivity index (χ1v) is 6.10. The molecular formula is C14H19NO4. The fourth-order valence-electron chi connectivity index (χ4n) is 1.53. The van der Waals surface area contributed by atoms with Crippen LogP contribution in [0.2, 0.25) is 0 Å².